The lowest BCUT2D eigenvalue weighted by Gasteiger charge is -2.19. The van der Waals surface area contributed by atoms with E-state index < -0.39 is 11.7 Å². The summed E-state index contributed by atoms with van der Waals surface area (Å²) in [5.74, 6) is -0.0242. The van der Waals surface area contributed by atoms with Gasteiger partial charge in [-0.1, -0.05) is 24.3 Å². The van der Waals surface area contributed by atoms with Crippen LogP contribution in [0.2, 0.25) is 0 Å². The molecule has 1 aromatic carbocycles. The molecular formula is C16H22N2O3. The van der Waals surface area contributed by atoms with Gasteiger partial charge in [0.05, 0.1) is 0 Å². The van der Waals surface area contributed by atoms with Crippen LogP contribution in [0.15, 0.2) is 24.3 Å². The summed E-state index contributed by atoms with van der Waals surface area (Å²) in [5.41, 5.74) is 7.26. The van der Waals surface area contributed by atoms with Crippen molar-refractivity contribution in [1.29, 1.82) is 0 Å². The summed E-state index contributed by atoms with van der Waals surface area (Å²) >= 11 is 0. The number of carbonyl (C=O) groups excluding carboxylic acids is 2. The third-order valence-electron chi connectivity index (χ3n) is 2.55. The fourth-order valence-electron chi connectivity index (χ4n) is 1.59. The molecule has 3 N–H and O–H groups in total. The van der Waals surface area contributed by atoms with Crippen LogP contribution in [0, 0.1) is 0 Å². The molecule has 0 radical (unpaired) electrons. The van der Waals surface area contributed by atoms with Gasteiger partial charge in [-0.05, 0) is 39.3 Å². The van der Waals surface area contributed by atoms with E-state index in [0.29, 0.717) is 17.8 Å². The van der Waals surface area contributed by atoms with Crippen molar-refractivity contribution in [1.82, 2.24) is 5.32 Å². The average molecular weight is 290 g/mol. The predicted molar refractivity (Wildman–Crippen MR) is 84.1 cm³/mol. The van der Waals surface area contributed by atoms with Crippen LogP contribution >= 0.6 is 0 Å². The molecule has 1 amide bonds. The van der Waals surface area contributed by atoms with Crippen molar-refractivity contribution in [2.75, 3.05) is 12.3 Å². The molecular weight excluding hydrogens is 268 g/mol. The van der Waals surface area contributed by atoms with Gasteiger partial charge in [0.1, 0.15) is 5.60 Å². The fourth-order valence-corrected chi connectivity index (χ4v) is 1.59. The van der Waals surface area contributed by atoms with E-state index in [0.717, 1.165) is 5.56 Å². The second-order valence-electron chi connectivity index (χ2n) is 5.69. The molecule has 0 aliphatic carbocycles. The minimum Gasteiger partial charge on any atom is -0.444 e. The van der Waals surface area contributed by atoms with Crippen LogP contribution in [0.4, 0.5) is 10.5 Å². The number of alkyl carbamates (subject to hydrolysis) is 1. The lowest BCUT2D eigenvalue weighted by Crippen LogP contribution is -2.32. The van der Waals surface area contributed by atoms with Crippen molar-refractivity contribution in [2.45, 2.75) is 33.3 Å². The first-order chi connectivity index (χ1) is 9.69. The van der Waals surface area contributed by atoms with Gasteiger partial charge in [0.2, 0.25) is 0 Å². The average Bonchev–Trinajstić information content (AvgIpc) is 2.33. The Morgan fingerprint density at radius 2 is 2.00 bits per heavy atom. The van der Waals surface area contributed by atoms with Crippen molar-refractivity contribution in [3.63, 3.8) is 0 Å². The number of rotatable bonds is 4. The lowest BCUT2D eigenvalue weighted by atomic mass is 10.1. The maximum Gasteiger partial charge on any atom is 0.407 e. The van der Waals surface area contributed by atoms with Crippen molar-refractivity contribution in [3.05, 3.63) is 35.4 Å². The second-order valence-corrected chi connectivity index (χ2v) is 5.69. The van der Waals surface area contributed by atoms with E-state index in [1.165, 1.54) is 6.92 Å². The molecule has 0 saturated heterocycles. The van der Waals surface area contributed by atoms with Crippen molar-refractivity contribution in [3.8, 4) is 0 Å². The summed E-state index contributed by atoms with van der Waals surface area (Å²) in [7, 11) is 0. The van der Waals surface area contributed by atoms with Gasteiger partial charge >= 0.3 is 6.09 Å². The number of hydrogen-bond acceptors (Lipinski definition) is 4. The number of carbonyl (C=O) groups is 2. The van der Waals surface area contributed by atoms with Crippen LogP contribution < -0.4 is 11.1 Å². The first-order valence-electron chi connectivity index (χ1n) is 6.73. The third kappa shape index (κ3) is 6.12. The van der Waals surface area contributed by atoms with E-state index in [1.54, 1.807) is 51.1 Å². The van der Waals surface area contributed by atoms with E-state index >= 15 is 0 Å². The zero-order valence-corrected chi connectivity index (χ0v) is 12.9. The zero-order valence-electron chi connectivity index (χ0n) is 12.9. The highest BCUT2D eigenvalue weighted by Crippen LogP contribution is 2.16. The molecule has 114 valence electrons. The van der Waals surface area contributed by atoms with E-state index in [1.807, 2.05) is 0 Å². The Bertz CT molecular complexity index is 557. The predicted octanol–water partition coefficient (Wildman–Crippen LogP) is 3.01. The molecule has 0 atom stereocenters. The Labute approximate surface area is 125 Å². The minimum absolute atomic E-state index is 0.0242. The van der Waals surface area contributed by atoms with Crippen LogP contribution in [0.1, 0.15) is 43.6 Å². The van der Waals surface area contributed by atoms with Gasteiger partial charge in [-0.3, -0.25) is 4.79 Å². The molecule has 0 saturated carbocycles. The summed E-state index contributed by atoms with van der Waals surface area (Å²) in [6, 6.07) is 5.14. The summed E-state index contributed by atoms with van der Waals surface area (Å²) in [6.45, 7) is 7.25. The maximum atomic E-state index is 11.4. The highest BCUT2D eigenvalue weighted by molar-refractivity contribution is 5.95. The topological polar surface area (TPSA) is 81.4 Å². The number of benzene rings is 1. The second kappa shape index (κ2) is 6.92. The van der Waals surface area contributed by atoms with Gasteiger partial charge in [0.15, 0.2) is 5.78 Å². The Kier molecular flexibility index (Phi) is 5.52. The van der Waals surface area contributed by atoms with Gasteiger partial charge in [-0.25, -0.2) is 4.79 Å². The number of Topliss-reactive ketones (excluding diaryl/α,β-unsaturated/α-hetero) is 1. The van der Waals surface area contributed by atoms with Crippen LogP contribution in [0.25, 0.3) is 6.08 Å². The number of nitrogens with two attached hydrogens (primary N) is 1. The van der Waals surface area contributed by atoms with Gasteiger partial charge in [0.25, 0.3) is 0 Å². The van der Waals surface area contributed by atoms with Crippen LogP contribution in [-0.4, -0.2) is 24.0 Å². The van der Waals surface area contributed by atoms with Crippen molar-refractivity contribution in [2.24, 2.45) is 0 Å². The van der Waals surface area contributed by atoms with Gasteiger partial charge < -0.3 is 15.8 Å². The van der Waals surface area contributed by atoms with Crippen LogP contribution in [0.5, 0.6) is 0 Å². The molecule has 0 bridgehead atoms. The summed E-state index contributed by atoms with van der Waals surface area (Å²) in [6.07, 6.45) is 3.09. The Morgan fingerprint density at radius 1 is 1.33 bits per heavy atom. The van der Waals surface area contributed by atoms with E-state index in [4.69, 9.17) is 10.5 Å². The number of amides is 1. The van der Waals surface area contributed by atoms with E-state index in [9.17, 15) is 9.59 Å². The van der Waals surface area contributed by atoms with Crippen molar-refractivity contribution < 1.29 is 14.3 Å². The summed E-state index contributed by atoms with van der Waals surface area (Å²) in [5, 5.41) is 2.62. The monoisotopic (exact) mass is 290 g/mol. The molecule has 5 nitrogen and oxygen atoms in total. The molecule has 0 heterocycles. The number of ether oxygens (including phenoxy) is 1. The fraction of sp³-hybridized carbons (Fsp3) is 0.375. The highest BCUT2D eigenvalue weighted by Gasteiger charge is 2.14. The van der Waals surface area contributed by atoms with Crippen LogP contribution in [0.3, 0.4) is 0 Å². The Hall–Kier alpha value is -2.30. The quantitative estimate of drug-likeness (QED) is 0.659. The van der Waals surface area contributed by atoms with Crippen LogP contribution in [-0.2, 0) is 4.74 Å². The maximum absolute atomic E-state index is 11.4. The molecule has 0 fully saturated rings. The summed E-state index contributed by atoms with van der Waals surface area (Å²) < 4.78 is 5.11. The van der Waals surface area contributed by atoms with E-state index in [2.05, 4.69) is 5.32 Å². The molecule has 21 heavy (non-hydrogen) atoms. The Balaban J connectivity index is 2.54. The first-order valence-corrected chi connectivity index (χ1v) is 6.73. The highest BCUT2D eigenvalue weighted by atomic mass is 16.6. The largest absolute Gasteiger partial charge is 0.444 e. The van der Waals surface area contributed by atoms with Crippen molar-refractivity contribution >= 4 is 23.6 Å². The molecule has 0 unspecified atom stereocenters. The Morgan fingerprint density at radius 3 is 2.52 bits per heavy atom. The number of anilines is 1. The van der Waals surface area contributed by atoms with Gasteiger partial charge in [0, 0.05) is 17.8 Å². The molecule has 0 aliphatic heterocycles. The van der Waals surface area contributed by atoms with Gasteiger partial charge in [-0.2, -0.15) is 0 Å². The molecule has 1 aromatic rings. The molecule has 0 aliphatic rings. The molecule has 0 aromatic heterocycles. The first kappa shape index (κ1) is 16.8. The van der Waals surface area contributed by atoms with Gasteiger partial charge in [-0.15, -0.1) is 0 Å². The minimum atomic E-state index is -0.513. The SMILES string of the molecule is CC(=O)c1ccc(C=CCNC(=O)OC(C)(C)C)c(N)c1. The third-order valence-corrected chi connectivity index (χ3v) is 2.55. The standard InChI is InChI=1S/C16H22N2O3/c1-11(19)13-8-7-12(14(17)10-13)6-5-9-18-15(20)21-16(2,3)4/h5-8,10H,9,17H2,1-4H3,(H,18,20). The lowest BCUT2D eigenvalue weighted by molar-refractivity contribution is 0.0534. The normalized spacial score (nSPS) is 11.4. The zero-order chi connectivity index (χ0) is 16.0. The van der Waals surface area contributed by atoms with E-state index in [-0.39, 0.29) is 5.78 Å². The molecule has 0 spiro atoms. The molecule has 1 rings (SSSR count). The summed E-state index contributed by atoms with van der Waals surface area (Å²) in [4.78, 5) is 22.7. The smallest absolute Gasteiger partial charge is 0.407 e. The number of hydrogen-bond donors (Lipinski definition) is 2. The number of nitrogen functional groups attached to an aromatic ring is 1. The molecule has 5 heteroatoms. The number of ketones is 1. The number of nitrogens with one attached hydrogen (secondary N) is 1.